The summed E-state index contributed by atoms with van der Waals surface area (Å²) in [7, 11) is -3.63. The van der Waals surface area contributed by atoms with E-state index in [0.717, 1.165) is 11.3 Å². The summed E-state index contributed by atoms with van der Waals surface area (Å²) in [6.07, 6.45) is 4.00. The number of nitrogens with zero attached hydrogens (tertiary/aromatic N) is 1. The Hall–Kier alpha value is -2.40. The van der Waals surface area contributed by atoms with E-state index in [4.69, 9.17) is 0 Å². The maximum absolute atomic E-state index is 12.3. The van der Waals surface area contributed by atoms with Crippen molar-refractivity contribution in [3.63, 3.8) is 0 Å². The van der Waals surface area contributed by atoms with E-state index in [2.05, 4.69) is 28.1 Å². The molecule has 23 heavy (non-hydrogen) atoms. The first-order valence-electron chi connectivity index (χ1n) is 7.49. The Kier molecular flexibility index (Phi) is 3.13. The first kappa shape index (κ1) is 14.2. The van der Waals surface area contributed by atoms with Crippen molar-refractivity contribution in [1.29, 1.82) is 0 Å². The van der Waals surface area contributed by atoms with E-state index in [-0.39, 0.29) is 10.8 Å². The molecule has 0 aromatic heterocycles. The maximum Gasteiger partial charge on any atom is 0.276 e. The van der Waals surface area contributed by atoms with Crippen molar-refractivity contribution >= 4 is 15.7 Å². The van der Waals surface area contributed by atoms with E-state index in [1.807, 2.05) is 25.1 Å². The topological polar surface area (TPSA) is 58.5 Å². The highest BCUT2D eigenvalue weighted by Crippen LogP contribution is 2.51. The van der Waals surface area contributed by atoms with Crippen molar-refractivity contribution in [2.75, 3.05) is 0 Å². The molecule has 0 saturated carbocycles. The minimum Gasteiger partial charge on any atom is -0.200 e. The van der Waals surface area contributed by atoms with Crippen LogP contribution in [0.15, 0.2) is 70.7 Å². The van der Waals surface area contributed by atoms with Crippen LogP contribution in [0.3, 0.4) is 0 Å². The molecule has 0 bridgehead atoms. The largest absolute Gasteiger partial charge is 0.276 e. The van der Waals surface area contributed by atoms with Gasteiger partial charge in [-0.25, -0.2) is 0 Å². The van der Waals surface area contributed by atoms with Crippen LogP contribution in [0.2, 0.25) is 0 Å². The number of allylic oxidation sites excluding steroid dienone is 2. The number of nitrogens with one attached hydrogen (secondary N) is 1. The van der Waals surface area contributed by atoms with Crippen LogP contribution in [-0.4, -0.2) is 14.1 Å². The third-order valence-electron chi connectivity index (χ3n) is 4.47. The van der Waals surface area contributed by atoms with Crippen molar-refractivity contribution < 1.29 is 8.42 Å². The lowest BCUT2D eigenvalue weighted by Crippen LogP contribution is -2.27. The lowest BCUT2D eigenvalue weighted by Gasteiger charge is -2.34. The first-order valence-corrected chi connectivity index (χ1v) is 8.98. The van der Waals surface area contributed by atoms with Crippen LogP contribution in [0, 0.1) is 6.92 Å². The molecule has 0 fully saturated rings. The molecule has 0 heterocycles. The van der Waals surface area contributed by atoms with Crippen LogP contribution in [0.25, 0.3) is 0 Å². The van der Waals surface area contributed by atoms with Crippen LogP contribution < -0.4 is 4.83 Å². The number of benzene rings is 2. The molecule has 5 heteroatoms. The Labute approximate surface area is 135 Å². The molecule has 116 valence electrons. The van der Waals surface area contributed by atoms with Gasteiger partial charge in [-0.15, -0.1) is 0 Å². The zero-order valence-electron chi connectivity index (χ0n) is 12.6. The molecule has 4 rings (SSSR count). The van der Waals surface area contributed by atoms with Crippen molar-refractivity contribution in [1.82, 2.24) is 4.83 Å². The SMILES string of the molecule is Cc1ccc(S(=O)(=O)N/N=C2\C=C[C@@H]3c4ccccc4[C@H]23)cc1. The van der Waals surface area contributed by atoms with Gasteiger partial charge in [0, 0.05) is 11.8 Å². The van der Waals surface area contributed by atoms with Crippen LogP contribution in [0.1, 0.15) is 28.5 Å². The summed E-state index contributed by atoms with van der Waals surface area (Å²) in [4.78, 5) is 2.58. The van der Waals surface area contributed by atoms with Gasteiger partial charge in [0.05, 0.1) is 10.6 Å². The van der Waals surface area contributed by atoms with Gasteiger partial charge >= 0.3 is 0 Å². The number of aryl methyl sites for hydroxylation is 1. The van der Waals surface area contributed by atoms with Crippen molar-refractivity contribution in [2.45, 2.75) is 23.7 Å². The molecule has 0 radical (unpaired) electrons. The number of hydrazone groups is 1. The highest BCUT2D eigenvalue weighted by Gasteiger charge is 2.41. The molecule has 0 saturated heterocycles. The quantitative estimate of drug-likeness (QED) is 0.882. The second-order valence-corrected chi connectivity index (χ2v) is 7.60. The van der Waals surface area contributed by atoms with Gasteiger partial charge in [0.2, 0.25) is 0 Å². The molecule has 0 unspecified atom stereocenters. The van der Waals surface area contributed by atoms with Crippen LogP contribution in [0.4, 0.5) is 0 Å². The summed E-state index contributed by atoms with van der Waals surface area (Å²) in [6, 6.07) is 14.9. The third-order valence-corrected chi connectivity index (χ3v) is 5.69. The van der Waals surface area contributed by atoms with Gasteiger partial charge in [0.25, 0.3) is 10.0 Å². The summed E-state index contributed by atoms with van der Waals surface area (Å²) in [5.74, 6) is 0.501. The number of rotatable bonds is 3. The molecule has 0 spiro atoms. The fourth-order valence-electron chi connectivity index (χ4n) is 3.23. The predicted molar refractivity (Wildman–Crippen MR) is 90.0 cm³/mol. The van der Waals surface area contributed by atoms with Crippen LogP contribution in [-0.2, 0) is 10.0 Å². The number of hydrogen-bond acceptors (Lipinski definition) is 3. The second kappa shape index (κ2) is 5.06. The summed E-state index contributed by atoms with van der Waals surface area (Å²) < 4.78 is 24.6. The van der Waals surface area contributed by atoms with Gasteiger partial charge in [-0.2, -0.15) is 18.4 Å². The molecule has 0 aliphatic heterocycles. The zero-order chi connectivity index (χ0) is 16.0. The maximum atomic E-state index is 12.3. The second-order valence-electron chi connectivity index (χ2n) is 5.94. The van der Waals surface area contributed by atoms with Crippen molar-refractivity contribution in [2.24, 2.45) is 5.10 Å². The van der Waals surface area contributed by atoms with E-state index in [9.17, 15) is 8.42 Å². The summed E-state index contributed by atoms with van der Waals surface area (Å²) >= 11 is 0. The summed E-state index contributed by atoms with van der Waals surface area (Å²) in [6.45, 7) is 1.92. The van der Waals surface area contributed by atoms with Crippen molar-refractivity contribution in [3.05, 3.63) is 77.4 Å². The van der Waals surface area contributed by atoms with E-state index in [1.165, 1.54) is 11.1 Å². The van der Waals surface area contributed by atoms with Gasteiger partial charge < -0.3 is 0 Å². The minimum absolute atomic E-state index is 0.173. The molecular weight excluding hydrogens is 308 g/mol. The van der Waals surface area contributed by atoms with Gasteiger partial charge in [0.1, 0.15) is 0 Å². The number of fused-ring (bicyclic) bond motifs is 4. The molecule has 2 aliphatic rings. The minimum atomic E-state index is -3.63. The third kappa shape index (κ3) is 2.28. The number of hydrogen-bond donors (Lipinski definition) is 1. The summed E-state index contributed by atoms with van der Waals surface area (Å²) in [5, 5.41) is 4.17. The smallest absolute Gasteiger partial charge is 0.200 e. The van der Waals surface area contributed by atoms with Gasteiger partial charge in [0.15, 0.2) is 0 Å². The predicted octanol–water partition coefficient (Wildman–Crippen LogP) is 3.08. The fourth-order valence-corrected chi connectivity index (χ4v) is 4.05. The highest BCUT2D eigenvalue weighted by atomic mass is 32.2. The Balaban J connectivity index is 1.58. The average molecular weight is 324 g/mol. The number of sulfonamides is 1. The lowest BCUT2D eigenvalue weighted by molar-refractivity contribution is 0.583. The van der Waals surface area contributed by atoms with Gasteiger partial charge in [-0.05, 0) is 36.3 Å². The molecule has 2 aliphatic carbocycles. The Morgan fingerprint density at radius 2 is 1.70 bits per heavy atom. The molecule has 2 aromatic rings. The lowest BCUT2D eigenvalue weighted by atomic mass is 9.69. The Morgan fingerprint density at radius 1 is 1.00 bits per heavy atom. The molecular formula is C18H16N2O2S. The molecule has 2 atom stereocenters. The van der Waals surface area contributed by atoms with E-state index in [1.54, 1.807) is 24.3 Å². The van der Waals surface area contributed by atoms with E-state index < -0.39 is 10.0 Å². The van der Waals surface area contributed by atoms with Gasteiger partial charge in [-0.1, -0.05) is 48.0 Å². The first-order chi connectivity index (χ1) is 11.1. The average Bonchev–Trinajstić information content (AvgIpc) is 2.90. The van der Waals surface area contributed by atoms with E-state index >= 15 is 0 Å². The molecule has 2 aromatic carbocycles. The normalized spacial score (nSPS) is 23.3. The zero-order valence-corrected chi connectivity index (χ0v) is 13.4. The monoisotopic (exact) mass is 324 g/mol. The summed E-state index contributed by atoms with van der Waals surface area (Å²) in [5.41, 5.74) is 4.32. The van der Waals surface area contributed by atoms with Gasteiger partial charge in [-0.3, -0.25) is 0 Å². The molecule has 1 N–H and O–H groups in total. The Bertz CT molecular complexity index is 928. The standard InChI is InChI=1S/C18H16N2O2S/c1-12-6-8-13(9-7-12)23(21,22)20-19-17-11-10-16-14-4-2-3-5-15(14)18(16)17/h2-11,16,18,20H,1H3/b19-17+/t16-,18+/m1/s1. The van der Waals surface area contributed by atoms with Crippen molar-refractivity contribution in [3.8, 4) is 0 Å². The van der Waals surface area contributed by atoms with Crippen LogP contribution >= 0.6 is 0 Å². The Morgan fingerprint density at radius 3 is 2.43 bits per heavy atom. The highest BCUT2D eigenvalue weighted by molar-refractivity contribution is 7.89. The van der Waals surface area contributed by atoms with Crippen LogP contribution in [0.5, 0.6) is 0 Å². The molecule has 0 amide bonds. The fraction of sp³-hybridized carbons (Fsp3) is 0.167. The molecule has 4 nitrogen and oxygen atoms in total. The van der Waals surface area contributed by atoms with E-state index in [0.29, 0.717) is 5.92 Å².